The number of hydrogen-bond acceptors (Lipinski definition) is 3. The van der Waals surface area contributed by atoms with Crippen LogP contribution in [0.5, 0.6) is 0 Å². The third-order valence-corrected chi connectivity index (χ3v) is 4.79. The van der Waals surface area contributed by atoms with E-state index in [-0.39, 0.29) is 18.0 Å². The van der Waals surface area contributed by atoms with Crippen LogP contribution in [0.2, 0.25) is 0 Å². The van der Waals surface area contributed by atoms with Crippen molar-refractivity contribution in [2.24, 2.45) is 0 Å². The lowest BCUT2D eigenvalue weighted by atomic mass is 10.3. The SMILES string of the molecule is O=C(CCn1c(=S)oc2ccccc21)Nc1c(F)cc(Br)cc1Br. The van der Waals surface area contributed by atoms with Crippen molar-refractivity contribution in [3.63, 3.8) is 0 Å². The average Bonchev–Trinajstić information content (AvgIpc) is 2.84. The summed E-state index contributed by atoms with van der Waals surface area (Å²) in [6.45, 7) is 0.345. The van der Waals surface area contributed by atoms with Crippen molar-refractivity contribution in [3.8, 4) is 0 Å². The molecule has 0 saturated heterocycles. The van der Waals surface area contributed by atoms with Crippen molar-refractivity contribution in [2.45, 2.75) is 13.0 Å². The number of aromatic nitrogens is 1. The third kappa shape index (κ3) is 3.60. The van der Waals surface area contributed by atoms with Gasteiger partial charge in [-0.25, -0.2) is 4.39 Å². The Kier molecular flexibility index (Phi) is 5.17. The number of nitrogens with zero attached hydrogens (tertiary/aromatic N) is 1. The number of rotatable bonds is 4. The molecule has 0 unspecified atom stereocenters. The normalized spacial score (nSPS) is 11.0. The van der Waals surface area contributed by atoms with E-state index in [4.69, 9.17) is 16.6 Å². The number of anilines is 1. The number of carbonyl (C=O) groups excluding carboxylic acids is 1. The van der Waals surface area contributed by atoms with Gasteiger partial charge in [0.25, 0.3) is 4.84 Å². The smallest absolute Gasteiger partial charge is 0.269 e. The Labute approximate surface area is 158 Å². The van der Waals surface area contributed by atoms with Crippen LogP contribution in [-0.4, -0.2) is 10.5 Å². The van der Waals surface area contributed by atoms with Crippen LogP contribution < -0.4 is 5.32 Å². The zero-order valence-electron chi connectivity index (χ0n) is 12.2. The lowest BCUT2D eigenvalue weighted by Crippen LogP contribution is -2.15. The van der Waals surface area contributed by atoms with Crippen LogP contribution in [0.1, 0.15) is 6.42 Å². The largest absolute Gasteiger partial charge is 0.429 e. The summed E-state index contributed by atoms with van der Waals surface area (Å²) in [7, 11) is 0. The Morgan fingerprint density at radius 2 is 2.04 bits per heavy atom. The highest BCUT2D eigenvalue weighted by molar-refractivity contribution is 9.11. The van der Waals surface area contributed by atoms with Crippen molar-refractivity contribution >= 4 is 66.8 Å². The van der Waals surface area contributed by atoms with Gasteiger partial charge in [-0.2, -0.15) is 0 Å². The van der Waals surface area contributed by atoms with Crippen molar-refractivity contribution in [1.29, 1.82) is 0 Å². The van der Waals surface area contributed by atoms with E-state index in [1.807, 2.05) is 24.3 Å². The fourth-order valence-corrected chi connectivity index (χ4v) is 3.85. The Balaban J connectivity index is 1.74. The van der Waals surface area contributed by atoms with Crippen LogP contribution in [0.15, 0.2) is 49.8 Å². The van der Waals surface area contributed by atoms with E-state index in [1.165, 1.54) is 6.07 Å². The first kappa shape index (κ1) is 17.3. The number of amides is 1. The molecule has 0 spiro atoms. The molecular weight excluding hydrogens is 463 g/mol. The van der Waals surface area contributed by atoms with Crippen LogP contribution >= 0.6 is 44.1 Å². The van der Waals surface area contributed by atoms with Crippen molar-refractivity contribution in [3.05, 3.63) is 56.0 Å². The molecular formula is C16H11Br2FN2O2S. The van der Waals surface area contributed by atoms with Crippen molar-refractivity contribution in [1.82, 2.24) is 4.57 Å². The molecule has 0 aliphatic heterocycles. The molecule has 1 heterocycles. The fourth-order valence-electron chi connectivity index (χ4n) is 2.30. The van der Waals surface area contributed by atoms with Gasteiger partial charge in [-0.3, -0.25) is 9.36 Å². The third-order valence-electron chi connectivity index (χ3n) is 3.41. The second-order valence-corrected chi connectivity index (χ2v) is 7.15. The summed E-state index contributed by atoms with van der Waals surface area (Å²) in [5.74, 6) is -0.834. The molecule has 0 fully saturated rings. The molecule has 124 valence electrons. The lowest BCUT2D eigenvalue weighted by Gasteiger charge is -2.09. The summed E-state index contributed by atoms with van der Waals surface area (Å²) in [6, 6.07) is 10.4. The second-order valence-electron chi connectivity index (χ2n) is 5.03. The van der Waals surface area contributed by atoms with E-state index in [9.17, 15) is 9.18 Å². The van der Waals surface area contributed by atoms with E-state index < -0.39 is 5.82 Å². The summed E-state index contributed by atoms with van der Waals surface area (Å²) >= 11 is 11.6. The Morgan fingerprint density at radius 1 is 1.29 bits per heavy atom. The minimum absolute atomic E-state index is 0.115. The maximum Gasteiger partial charge on any atom is 0.269 e. The molecule has 8 heteroatoms. The first-order chi connectivity index (χ1) is 11.5. The standard InChI is InChI=1S/C16H11Br2FN2O2S/c17-9-7-10(18)15(11(19)8-9)20-14(22)5-6-21-12-3-1-2-4-13(12)23-16(21)24/h1-4,7-8H,5-6H2,(H,20,22). The molecule has 2 aromatic carbocycles. The molecule has 1 aromatic heterocycles. The number of benzene rings is 2. The highest BCUT2D eigenvalue weighted by atomic mass is 79.9. The van der Waals surface area contributed by atoms with E-state index >= 15 is 0 Å². The Morgan fingerprint density at radius 3 is 2.79 bits per heavy atom. The first-order valence-corrected chi connectivity index (χ1v) is 8.98. The van der Waals surface area contributed by atoms with Gasteiger partial charge in [0.15, 0.2) is 5.58 Å². The monoisotopic (exact) mass is 472 g/mol. The van der Waals surface area contributed by atoms with Gasteiger partial charge in [0, 0.05) is 21.9 Å². The number of aryl methyl sites for hydroxylation is 1. The number of carbonyl (C=O) groups is 1. The highest BCUT2D eigenvalue weighted by Crippen LogP contribution is 2.29. The molecule has 0 aliphatic rings. The summed E-state index contributed by atoms with van der Waals surface area (Å²) in [5.41, 5.74) is 1.61. The fraction of sp³-hybridized carbons (Fsp3) is 0.125. The van der Waals surface area contributed by atoms with Crippen LogP contribution in [-0.2, 0) is 11.3 Å². The second kappa shape index (κ2) is 7.16. The minimum atomic E-state index is -0.519. The molecule has 0 saturated carbocycles. The van der Waals surface area contributed by atoms with Crippen LogP contribution in [0.4, 0.5) is 10.1 Å². The molecule has 0 atom stereocenters. The molecule has 0 radical (unpaired) electrons. The molecule has 3 aromatic rings. The highest BCUT2D eigenvalue weighted by Gasteiger charge is 2.13. The summed E-state index contributed by atoms with van der Waals surface area (Å²) < 4.78 is 22.2. The number of para-hydroxylation sites is 2. The van der Waals surface area contributed by atoms with Crippen LogP contribution in [0, 0.1) is 10.7 Å². The van der Waals surface area contributed by atoms with Crippen LogP contribution in [0.25, 0.3) is 11.1 Å². The van der Waals surface area contributed by atoms with Gasteiger partial charge in [-0.1, -0.05) is 28.1 Å². The maximum absolute atomic E-state index is 13.9. The molecule has 0 aliphatic carbocycles. The Bertz CT molecular complexity index is 961. The van der Waals surface area contributed by atoms with E-state index in [1.54, 1.807) is 10.6 Å². The van der Waals surface area contributed by atoms with Gasteiger partial charge in [0.2, 0.25) is 5.91 Å². The van der Waals surface area contributed by atoms with Crippen molar-refractivity contribution in [2.75, 3.05) is 5.32 Å². The first-order valence-electron chi connectivity index (χ1n) is 6.98. The van der Waals surface area contributed by atoms with Gasteiger partial charge in [-0.15, -0.1) is 0 Å². The number of fused-ring (bicyclic) bond motifs is 1. The zero-order valence-corrected chi connectivity index (χ0v) is 16.2. The van der Waals surface area contributed by atoms with Gasteiger partial charge in [0.1, 0.15) is 5.82 Å². The molecule has 1 amide bonds. The zero-order chi connectivity index (χ0) is 17.3. The van der Waals surface area contributed by atoms with E-state index in [0.29, 0.717) is 25.9 Å². The predicted octanol–water partition coefficient (Wildman–Crippen LogP) is 5.66. The van der Waals surface area contributed by atoms with Gasteiger partial charge in [-0.05, 0) is 52.4 Å². The van der Waals surface area contributed by atoms with E-state index in [0.717, 1.165) is 5.52 Å². The van der Waals surface area contributed by atoms with Crippen LogP contribution in [0.3, 0.4) is 0 Å². The number of halogens is 3. The molecule has 4 nitrogen and oxygen atoms in total. The summed E-state index contributed by atoms with van der Waals surface area (Å²) in [5, 5.41) is 2.58. The number of nitrogens with one attached hydrogen (secondary N) is 1. The average molecular weight is 474 g/mol. The molecule has 0 bridgehead atoms. The minimum Gasteiger partial charge on any atom is -0.429 e. The molecule has 1 N–H and O–H groups in total. The van der Waals surface area contributed by atoms with Gasteiger partial charge < -0.3 is 9.73 Å². The lowest BCUT2D eigenvalue weighted by molar-refractivity contribution is -0.116. The summed E-state index contributed by atoms with van der Waals surface area (Å²) in [4.78, 5) is 12.5. The summed E-state index contributed by atoms with van der Waals surface area (Å²) in [6.07, 6.45) is 0.139. The van der Waals surface area contributed by atoms with Gasteiger partial charge in [0.05, 0.1) is 11.2 Å². The number of oxazole rings is 1. The quantitative estimate of drug-likeness (QED) is 0.497. The van der Waals surface area contributed by atoms with Crippen molar-refractivity contribution < 1.29 is 13.6 Å². The number of hydrogen-bond donors (Lipinski definition) is 1. The maximum atomic E-state index is 13.9. The molecule has 24 heavy (non-hydrogen) atoms. The predicted molar refractivity (Wildman–Crippen MR) is 100 cm³/mol. The molecule has 3 rings (SSSR count). The Hall–Kier alpha value is -1.51. The topological polar surface area (TPSA) is 47.2 Å². The van der Waals surface area contributed by atoms with E-state index in [2.05, 4.69) is 37.2 Å². The van der Waals surface area contributed by atoms with Gasteiger partial charge >= 0.3 is 0 Å².